The molecule has 0 bridgehead atoms. The lowest BCUT2D eigenvalue weighted by atomic mass is 10.1. The third-order valence-corrected chi connectivity index (χ3v) is 4.86. The van der Waals surface area contributed by atoms with E-state index in [1.165, 1.54) is 5.56 Å². The summed E-state index contributed by atoms with van der Waals surface area (Å²) in [6, 6.07) is 19.4. The van der Waals surface area contributed by atoms with Crippen LogP contribution < -0.4 is 5.32 Å². The summed E-state index contributed by atoms with van der Waals surface area (Å²) >= 11 is 0. The van der Waals surface area contributed by atoms with E-state index in [1.807, 2.05) is 86.6 Å². The maximum absolute atomic E-state index is 12.3. The number of aromatic nitrogens is 4. The number of fused-ring (bicyclic) bond motifs is 1. The molecule has 0 saturated heterocycles. The highest BCUT2D eigenvalue weighted by Crippen LogP contribution is 2.22. The highest BCUT2D eigenvalue weighted by molar-refractivity contribution is 5.94. The fraction of sp³-hybridized carbons (Fsp3) is 0.217. The minimum Gasteiger partial charge on any atom is -0.351 e. The number of benzene rings is 2. The van der Waals surface area contributed by atoms with Gasteiger partial charge in [-0.1, -0.05) is 42.0 Å². The normalized spacial score (nSPS) is 11.2. The topological polar surface area (TPSA) is 75.4 Å². The van der Waals surface area contributed by atoms with Crippen molar-refractivity contribution in [1.82, 2.24) is 30.0 Å². The number of carbonyl (C=O) groups excluding carboxylic acids is 1. The molecule has 0 radical (unpaired) electrons. The monoisotopic (exact) mass is 400 g/mol. The first-order valence-electron chi connectivity index (χ1n) is 9.84. The molecule has 2 aromatic carbocycles. The zero-order chi connectivity index (χ0) is 21.1. The average Bonchev–Trinajstić information content (AvgIpc) is 3.17. The van der Waals surface area contributed by atoms with E-state index in [-0.39, 0.29) is 5.91 Å². The van der Waals surface area contributed by atoms with E-state index in [4.69, 9.17) is 5.10 Å². The van der Waals surface area contributed by atoms with Crippen molar-refractivity contribution in [2.24, 2.45) is 0 Å². The predicted octanol–water partition coefficient (Wildman–Crippen LogP) is 3.06. The molecule has 0 atom stereocenters. The van der Waals surface area contributed by atoms with Gasteiger partial charge in [-0.15, -0.1) is 10.2 Å². The van der Waals surface area contributed by atoms with Crippen molar-refractivity contribution in [1.29, 1.82) is 0 Å². The fourth-order valence-corrected chi connectivity index (χ4v) is 3.11. The maximum atomic E-state index is 12.3. The molecular formula is C23H24N6O. The Hall–Kier alpha value is -3.58. The third kappa shape index (κ3) is 4.21. The highest BCUT2D eigenvalue weighted by Gasteiger charge is 2.11. The molecule has 0 aliphatic carbocycles. The van der Waals surface area contributed by atoms with Crippen molar-refractivity contribution in [3.63, 3.8) is 0 Å². The summed E-state index contributed by atoms with van der Waals surface area (Å²) in [5, 5.41) is 16.2. The maximum Gasteiger partial charge on any atom is 0.251 e. The van der Waals surface area contributed by atoms with E-state index in [9.17, 15) is 4.79 Å². The van der Waals surface area contributed by atoms with Gasteiger partial charge in [0.15, 0.2) is 11.5 Å². The van der Waals surface area contributed by atoms with Crippen LogP contribution >= 0.6 is 0 Å². The molecule has 2 aromatic heterocycles. The second kappa shape index (κ2) is 8.42. The molecule has 7 nitrogen and oxygen atoms in total. The molecule has 4 aromatic rings. The molecule has 0 spiro atoms. The Balaban J connectivity index is 1.58. The van der Waals surface area contributed by atoms with E-state index in [2.05, 4.69) is 15.5 Å². The van der Waals surface area contributed by atoms with E-state index in [0.717, 1.165) is 23.4 Å². The second-order valence-electron chi connectivity index (χ2n) is 7.51. The molecule has 2 heterocycles. The van der Waals surface area contributed by atoms with E-state index >= 15 is 0 Å². The Morgan fingerprint density at radius 1 is 0.933 bits per heavy atom. The van der Waals surface area contributed by atoms with Crippen molar-refractivity contribution >= 4 is 11.6 Å². The Morgan fingerprint density at radius 2 is 1.63 bits per heavy atom. The first-order valence-corrected chi connectivity index (χ1v) is 9.84. The summed E-state index contributed by atoms with van der Waals surface area (Å²) < 4.78 is 1.75. The standard InChI is InChI=1S/C23H24N6O/c1-16-4-6-18(7-5-16)22-26-25-21-13-12-20(27-29(21)22)17-8-10-19(11-9-17)23(30)24-14-15-28(2)3/h4-13H,14-15H2,1-3H3,(H,24,30). The van der Waals surface area contributed by atoms with Gasteiger partial charge in [-0.3, -0.25) is 4.79 Å². The molecule has 1 N–H and O–H groups in total. The van der Waals surface area contributed by atoms with Crippen LogP contribution in [0.5, 0.6) is 0 Å². The quantitative estimate of drug-likeness (QED) is 0.538. The SMILES string of the molecule is Cc1ccc(-c2nnc3ccc(-c4ccc(C(=O)NCCN(C)C)cc4)nn23)cc1. The van der Waals surface area contributed by atoms with E-state index in [0.29, 0.717) is 23.6 Å². The van der Waals surface area contributed by atoms with E-state index < -0.39 is 0 Å². The van der Waals surface area contributed by atoms with Gasteiger partial charge in [0.05, 0.1) is 5.69 Å². The zero-order valence-electron chi connectivity index (χ0n) is 17.3. The summed E-state index contributed by atoms with van der Waals surface area (Å²) in [5.41, 5.74) is 5.17. The number of nitrogens with zero attached hydrogens (tertiary/aromatic N) is 5. The molecule has 0 saturated carbocycles. The van der Waals surface area contributed by atoms with Crippen LogP contribution in [0.15, 0.2) is 60.7 Å². The van der Waals surface area contributed by atoms with Gasteiger partial charge in [0.1, 0.15) is 0 Å². The molecule has 7 heteroatoms. The van der Waals surface area contributed by atoms with Crippen LogP contribution in [0.2, 0.25) is 0 Å². The number of amides is 1. The van der Waals surface area contributed by atoms with Crippen LogP contribution in [0.25, 0.3) is 28.3 Å². The van der Waals surface area contributed by atoms with Crippen LogP contribution in [0, 0.1) is 6.92 Å². The molecule has 0 fully saturated rings. The van der Waals surface area contributed by atoms with Crippen molar-refractivity contribution in [2.75, 3.05) is 27.2 Å². The molecule has 152 valence electrons. The number of hydrogen-bond donors (Lipinski definition) is 1. The molecule has 0 aliphatic heterocycles. The lowest BCUT2D eigenvalue weighted by Gasteiger charge is -2.10. The minimum atomic E-state index is -0.0766. The summed E-state index contributed by atoms with van der Waals surface area (Å²) in [6.07, 6.45) is 0. The zero-order valence-corrected chi connectivity index (χ0v) is 17.3. The van der Waals surface area contributed by atoms with Gasteiger partial charge in [-0.25, -0.2) is 0 Å². The summed E-state index contributed by atoms with van der Waals surface area (Å²) in [7, 11) is 3.95. The summed E-state index contributed by atoms with van der Waals surface area (Å²) in [5.74, 6) is 0.621. The molecule has 30 heavy (non-hydrogen) atoms. The number of hydrogen-bond acceptors (Lipinski definition) is 5. The van der Waals surface area contributed by atoms with Gasteiger partial charge >= 0.3 is 0 Å². The molecule has 0 unspecified atom stereocenters. The number of rotatable bonds is 6. The van der Waals surface area contributed by atoms with Gasteiger partial charge in [-0.2, -0.15) is 9.61 Å². The van der Waals surface area contributed by atoms with Crippen molar-refractivity contribution in [3.8, 4) is 22.6 Å². The first-order chi connectivity index (χ1) is 14.5. The molecule has 4 rings (SSSR count). The van der Waals surface area contributed by atoms with Crippen molar-refractivity contribution < 1.29 is 4.79 Å². The van der Waals surface area contributed by atoms with Crippen LogP contribution in [0.1, 0.15) is 15.9 Å². The first kappa shape index (κ1) is 19.7. The summed E-state index contributed by atoms with van der Waals surface area (Å²) in [4.78, 5) is 14.3. The number of aryl methyl sites for hydroxylation is 1. The van der Waals surface area contributed by atoms with Gasteiger partial charge in [-0.05, 0) is 45.3 Å². The van der Waals surface area contributed by atoms with Crippen molar-refractivity contribution in [3.05, 3.63) is 71.8 Å². The minimum absolute atomic E-state index is 0.0766. The molecular weight excluding hydrogens is 376 g/mol. The smallest absolute Gasteiger partial charge is 0.251 e. The third-order valence-electron chi connectivity index (χ3n) is 4.86. The second-order valence-corrected chi connectivity index (χ2v) is 7.51. The van der Waals surface area contributed by atoms with Gasteiger partial charge in [0, 0.05) is 29.8 Å². The largest absolute Gasteiger partial charge is 0.351 e. The highest BCUT2D eigenvalue weighted by atomic mass is 16.1. The molecule has 1 amide bonds. The van der Waals surface area contributed by atoms with Gasteiger partial charge < -0.3 is 10.2 Å². The van der Waals surface area contributed by atoms with Crippen LogP contribution in [-0.4, -0.2) is 57.8 Å². The summed E-state index contributed by atoms with van der Waals surface area (Å²) in [6.45, 7) is 3.46. The van der Waals surface area contributed by atoms with E-state index in [1.54, 1.807) is 4.52 Å². The predicted molar refractivity (Wildman–Crippen MR) is 117 cm³/mol. The number of nitrogens with one attached hydrogen (secondary N) is 1. The average molecular weight is 400 g/mol. The fourth-order valence-electron chi connectivity index (χ4n) is 3.11. The lowest BCUT2D eigenvalue weighted by molar-refractivity contribution is 0.0951. The van der Waals surface area contributed by atoms with Gasteiger partial charge in [0.25, 0.3) is 5.91 Å². The molecule has 0 aliphatic rings. The lowest BCUT2D eigenvalue weighted by Crippen LogP contribution is -2.31. The number of carbonyl (C=O) groups is 1. The Kier molecular flexibility index (Phi) is 5.54. The Bertz CT molecular complexity index is 1160. The number of likely N-dealkylation sites (N-methyl/N-ethyl adjacent to an activating group) is 1. The Labute approximate surface area is 175 Å². The van der Waals surface area contributed by atoms with Crippen molar-refractivity contribution in [2.45, 2.75) is 6.92 Å². The van der Waals surface area contributed by atoms with Gasteiger partial charge in [0.2, 0.25) is 0 Å². The Morgan fingerprint density at radius 3 is 2.33 bits per heavy atom. The van der Waals surface area contributed by atoms with Crippen LogP contribution in [0.3, 0.4) is 0 Å². The van der Waals surface area contributed by atoms with Crippen LogP contribution in [0.4, 0.5) is 0 Å². The van der Waals surface area contributed by atoms with Crippen LogP contribution in [-0.2, 0) is 0 Å².